The fraction of sp³-hybridized carbons (Fsp3) is 0.571. The van der Waals surface area contributed by atoms with Gasteiger partial charge in [0.2, 0.25) is 0 Å². The van der Waals surface area contributed by atoms with Crippen molar-refractivity contribution >= 4 is 0 Å². The molecule has 2 rings (SSSR count). The van der Waals surface area contributed by atoms with E-state index in [1.54, 1.807) is 13.2 Å². The third kappa shape index (κ3) is 2.76. The molecule has 4 heteroatoms. The van der Waals surface area contributed by atoms with Crippen molar-refractivity contribution in [2.45, 2.75) is 25.9 Å². The normalized spacial score (nSPS) is 19.7. The van der Waals surface area contributed by atoms with E-state index in [0.29, 0.717) is 5.75 Å². The van der Waals surface area contributed by atoms with Gasteiger partial charge in [-0.3, -0.25) is 4.90 Å². The van der Waals surface area contributed by atoms with Gasteiger partial charge in [0.25, 0.3) is 0 Å². The average Bonchev–Trinajstić information content (AvgIpc) is 2.33. The molecule has 0 radical (unpaired) electrons. The van der Waals surface area contributed by atoms with Crippen molar-refractivity contribution in [3.8, 4) is 11.5 Å². The minimum atomic E-state index is 0.00458. The van der Waals surface area contributed by atoms with Gasteiger partial charge < -0.3 is 14.6 Å². The van der Waals surface area contributed by atoms with E-state index in [2.05, 4.69) is 18.7 Å². The predicted octanol–water partition coefficient (Wildman–Crippen LogP) is 2.01. The molecule has 0 amide bonds. The number of rotatable bonds is 3. The van der Waals surface area contributed by atoms with E-state index >= 15 is 0 Å². The van der Waals surface area contributed by atoms with E-state index < -0.39 is 0 Å². The molecule has 100 valence electrons. The molecule has 1 aromatic carbocycles. The second kappa shape index (κ2) is 5.16. The van der Waals surface area contributed by atoms with Gasteiger partial charge in [0.15, 0.2) is 0 Å². The summed E-state index contributed by atoms with van der Waals surface area (Å²) in [5.41, 5.74) is 0.927. The van der Waals surface area contributed by atoms with Crippen LogP contribution in [0.3, 0.4) is 0 Å². The molecule has 0 spiro atoms. The second-order valence-corrected chi connectivity index (χ2v) is 5.28. The lowest BCUT2D eigenvalue weighted by Crippen LogP contribution is -2.52. The summed E-state index contributed by atoms with van der Waals surface area (Å²) in [4.78, 5) is 2.33. The number of phenolic OH excluding ortho intramolecular Hbond substituents is 1. The van der Waals surface area contributed by atoms with Crippen LogP contribution in [0.15, 0.2) is 18.2 Å². The molecule has 18 heavy (non-hydrogen) atoms. The van der Waals surface area contributed by atoms with Crippen molar-refractivity contribution in [1.82, 2.24) is 4.90 Å². The van der Waals surface area contributed by atoms with E-state index in [0.717, 1.165) is 31.9 Å². The first-order valence-corrected chi connectivity index (χ1v) is 6.21. The van der Waals surface area contributed by atoms with E-state index in [1.807, 2.05) is 12.1 Å². The molecule has 0 aromatic heterocycles. The first-order valence-electron chi connectivity index (χ1n) is 6.21. The van der Waals surface area contributed by atoms with Crippen molar-refractivity contribution in [2.24, 2.45) is 0 Å². The van der Waals surface area contributed by atoms with Gasteiger partial charge in [0, 0.05) is 30.3 Å². The Labute approximate surface area is 108 Å². The Kier molecular flexibility index (Phi) is 3.78. The Morgan fingerprint density at radius 3 is 2.83 bits per heavy atom. The maximum absolute atomic E-state index is 9.99. The second-order valence-electron chi connectivity index (χ2n) is 5.28. The molecule has 0 aliphatic carbocycles. The summed E-state index contributed by atoms with van der Waals surface area (Å²) in [6.07, 6.45) is 0. The molecular weight excluding hydrogens is 230 g/mol. The van der Waals surface area contributed by atoms with Crippen LogP contribution in [0.4, 0.5) is 0 Å². The van der Waals surface area contributed by atoms with Gasteiger partial charge in [-0.1, -0.05) is 6.07 Å². The number of hydrogen-bond acceptors (Lipinski definition) is 4. The molecule has 1 N–H and O–H groups in total. The molecule has 0 bridgehead atoms. The minimum absolute atomic E-state index is 0.00458. The lowest BCUT2D eigenvalue weighted by molar-refractivity contribution is -0.0555. The van der Waals surface area contributed by atoms with Gasteiger partial charge in [-0.2, -0.15) is 0 Å². The number of benzene rings is 1. The van der Waals surface area contributed by atoms with Crippen molar-refractivity contribution in [3.05, 3.63) is 23.8 Å². The van der Waals surface area contributed by atoms with Crippen LogP contribution in [-0.4, -0.2) is 42.4 Å². The summed E-state index contributed by atoms with van der Waals surface area (Å²) < 4.78 is 10.6. The number of nitrogens with zero attached hydrogens (tertiary/aromatic N) is 1. The summed E-state index contributed by atoms with van der Waals surface area (Å²) >= 11 is 0. The monoisotopic (exact) mass is 251 g/mol. The zero-order valence-corrected chi connectivity index (χ0v) is 11.3. The summed E-state index contributed by atoms with van der Waals surface area (Å²) in [5.74, 6) is 0.967. The van der Waals surface area contributed by atoms with E-state index in [-0.39, 0.29) is 11.3 Å². The quantitative estimate of drug-likeness (QED) is 0.892. The fourth-order valence-corrected chi connectivity index (χ4v) is 2.19. The molecule has 1 saturated heterocycles. The Morgan fingerprint density at radius 1 is 1.44 bits per heavy atom. The number of methoxy groups -OCH3 is 1. The van der Waals surface area contributed by atoms with Crippen LogP contribution in [0, 0.1) is 0 Å². The van der Waals surface area contributed by atoms with Gasteiger partial charge in [-0.05, 0) is 19.9 Å². The largest absolute Gasteiger partial charge is 0.507 e. The van der Waals surface area contributed by atoms with Crippen LogP contribution in [0.25, 0.3) is 0 Å². The van der Waals surface area contributed by atoms with Crippen molar-refractivity contribution in [1.29, 1.82) is 0 Å². The summed E-state index contributed by atoms with van der Waals surface area (Å²) in [7, 11) is 1.60. The standard InChI is InChI=1S/C14H21NO3/c1-14(2)10-18-7-6-15(14)9-11-4-5-12(17-3)8-13(11)16/h4-5,8,16H,6-7,9-10H2,1-3H3. The molecule has 1 fully saturated rings. The maximum Gasteiger partial charge on any atom is 0.123 e. The third-order valence-electron chi connectivity index (χ3n) is 3.47. The maximum atomic E-state index is 9.99. The highest BCUT2D eigenvalue weighted by molar-refractivity contribution is 5.39. The smallest absolute Gasteiger partial charge is 0.123 e. The highest BCUT2D eigenvalue weighted by Crippen LogP contribution is 2.28. The number of aromatic hydroxyl groups is 1. The van der Waals surface area contributed by atoms with Crippen LogP contribution in [0.2, 0.25) is 0 Å². The molecule has 1 aliphatic rings. The van der Waals surface area contributed by atoms with Crippen LogP contribution >= 0.6 is 0 Å². The third-order valence-corrected chi connectivity index (χ3v) is 3.47. The SMILES string of the molecule is COc1ccc(CN2CCOCC2(C)C)c(O)c1. The van der Waals surface area contributed by atoms with Gasteiger partial charge in [-0.25, -0.2) is 0 Å². The molecule has 1 aliphatic heterocycles. The van der Waals surface area contributed by atoms with Gasteiger partial charge in [0.1, 0.15) is 11.5 Å². The Bertz CT molecular complexity index is 418. The molecule has 0 unspecified atom stereocenters. The first-order chi connectivity index (χ1) is 8.53. The number of phenols is 1. The van der Waals surface area contributed by atoms with Gasteiger partial charge >= 0.3 is 0 Å². The number of hydrogen-bond donors (Lipinski definition) is 1. The topological polar surface area (TPSA) is 41.9 Å². The average molecular weight is 251 g/mol. The Morgan fingerprint density at radius 2 is 2.22 bits per heavy atom. The van der Waals surface area contributed by atoms with E-state index in [9.17, 15) is 5.11 Å². The molecule has 1 aromatic rings. The van der Waals surface area contributed by atoms with Crippen LogP contribution < -0.4 is 4.74 Å². The van der Waals surface area contributed by atoms with Crippen molar-refractivity contribution in [3.63, 3.8) is 0 Å². The summed E-state index contributed by atoms with van der Waals surface area (Å²) in [5, 5.41) is 9.99. The Balaban J connectivity index is 2.13. The Hall–Kier alpha value is -1.26. The first kappa shape index (κ1) is 13.2. The number of ether oxygens (including phenoxy) is 2. The lowest BCUT2D eigenvalue weighted by Gasteiger charge is -2.42. The van der Waals surface area contributed by atoms with Gasteiger partial charge in [0.05, 0.1) is 20.3 Å². The van der Waals surface area contributed by atoms with Crippen molar-refractivity contribution < 1.29 is 14.6 Å². The zero-order valence-electron chi connectivity index (χ0n) is 11.3. The van der Waals surface area contributed by atoms with Crippen molar-refractivity contribution in [2.75, 3.05) is 26.9 Å². The molecule has 4 nitrogen and oxygen atoms in total. The van der Waals surface area contributed by atoms with Crippen LogP contribution in [-0.2, 0) is 11.3 Å². The zero-order chi connectivity index (χ0) is 13.2. The van der Waals surface area contributed by atoms with Crippen LogP contribution in [0.1, 0.15) is 19.4 Å². The molecule has 1 heterocycles. The lowest BCUT2D eigenvalue weighted by atomic mass is 10.0. The van der Waals surface area contributed by atoms with E-state index in [1.165, 1.54) is 0 Å². The predicted molar refractivity (Wildman–Crippen MR) is 70.0 cm³/mol. The highest BCUT2D eigenvalue weighted by atomic mass is 16.5. The fourth-order valence-electron chi connectivity index (χ4n) is 2.19. The highest BCUT2D eigenvalue weighted by Gasteiger charge is 2.30. The molecule has 0 saturated carbocycles. The minimum Gasteiger partial charge on any atom is -0.507 e. The number of morpholine rings is 1. The molecule has 0 atom stereocenters. The molecular formula is C14H21NO3. The summed E-state index contributed by atoms with van der Waals surface area (Å²) in [6.45, 7) is 7.41. The van der Waals surface area contributed by atoms with Crippen LogP contribution in [0.5, 0.6) is 11.5 Å². The summed E-state index contributed by atoms with van der Waals surface area (Å²) in [6, 6.07) is 5.45. The van der Waals surface area contributed by atoms with Gasteiger partial charge in [-0.15, -0.1) is 0 Å². The van der Waals surface area contributed by atoms with E-state index in [4.69, 9.17) is 9.47 Å².